The quantitative estimate of drug-likeness (QED) is 0.793. The Morgan fingerprint density at radius 1 is 1.55 bits per heavy atom. The van der Waals surface area contributed by atoms with Gasteiger partial charge in [0, 0.05) is 13.2 Å². The maximum atomic E-state index is 11.6. The maximum absolute atomic E-state index is 11.6. The van der Waals surface area contributed by atoms with Crippen LogP contribution in [0.5, 0.6) is 0 Å². The van der Waals surface area contributed by atoms with E-state index in [0.717, 1.165) is 5.82 Å². The molecule has 1 unspecified atom stereocenters. The molecule has 20 heavy (non-hydrogen) atoms. The Morgan fingerprint density at radius 3 is 2.90 bits per heavy atom. The minimum absolute atomic E-state index is 0.162. The molecule has 2 aromatic rings. The van der Waals surface area contributed by atoms with Gasteiger partial charge in [0.1, 0.15) is 6.33 Å². The number of nitrogens with two attached hydrogens (primary N) is 1. The Morgan fingerprint density at radius 2 is 2.30 bits per heavy atom. The van der Waals surface area contributed by atoms with E-state index in [-0.39, 0.29) is 17.3 Å². The second-order valence-electron chi connectivity index (χ2n) is 4.28. The predicted octanol–water partition coefficient (Wildman–Crippen LogP) is 0.752. The third-order valence-corrected chi connectivity index (χ3v) is 2.88. The number of ether oxygens (including phenoxy) is 1. The van der Waals surface area contributed by atoms with Gasteiger partial charge in [-0.05, 0) is 13.0 Å². The van der Waals surface area contributed by atoms with Crippen molar-refractivity contribution in [2.45, 2.75) is 13.0 Å². The van der Waals surface area contributed by atoms with Gasteiger partial charge in [-0.3, -0.25) is 0 Å². The molecule has 0 aliphatic heterocycles. The minimum atomic E-state index is -0.501. The van der Waals surface area contributed by atoms with E-state index in [1.807, 2.05) is 14.0 Å². The van der Waals surface area contributed by atoms with Crippen LogP contribution in [0, 0.1) is 0 Å². The fraction of sp³-hybridized carbons (Fsp3) is 0.333. The van der Waals surface area contributed by atoms with E-state index in [1.54, 1.807) is 10.9 Å². The summed E-state index contributed by atoms with van der Waals surface area (Å²) in [5.74, 6) is 0.636. The van der Waals surface area contributed by atoms with Crippen molar-refractivity contribution in [3.8, 4) is 0 Å². The largest absolute Gasteiger partial charge is 0.465 e. The number of pyridine rings is 1. The van der Waals surface area contributed by atoms with Crippen molar-refractivity contribution in [3.63, 3.8) is 0 Å². The van der Waals surface area contributed by atoms with Crippen molar-refractivity contribution in [2.24, 2.45) is 7.05 Å². The van der Waals surface area contributed by atoms with Crippen LogP contribution in [0.15, 0.2) is 18.6 Å². The molecule has 3 N–H and O–H groups in total. The zero-order chi connectivity index (χ0) is 14.7. The second-order valence-corrected chi connectivity index (χ2v) is 4.28. The molecule has 0 saturated carbocycles. The molecule has 8 heteroatoms. The van der Waals surface area contributed by atoms with Crippen LogP contribution in [-0.4, -0.2) is 32.8 Å². The van der Waals surface area contributed by atoms with E-state index in [9.17, 15) is 4.79 Å². The number of aromatic nitrogens is 4. The molecule has 0 aliphatic rings. The summed E-state index contributed by atoms with van der Waals surface area (Å²) in [5, 5.41) is 10.9. The van der Waals surface area contributed by atoms with Gasteiger partial charge in [-0.2, -0.15) is 0 Å². The molecule has 0 radical (unpaired) electrons. The van der Waals surface area contributed by atoms with Crippen LogP contribution in [0.1, 0.15) is 29.1 Å². The van der Waals surface area contributed by atoms with Gasteiger partial charge in [0.2, 0.25) is 0 Å². The number of hydrogen-bond acceptors (Lipinski definition) is 7. The van der Waals surface area contributed by atoms with Gasteiger partial charge >= 0.3 is 5.97 Å². The third-order valence-electron chi connectivity index (χ3n) is 2.88. The molecular weight excluding hydrogens is 260 g/mol. The van der Waals surface area contributed by atoms with Crippen LogP contribution in [0.2, 0.25) is 0 Å². The summed E-state index contributed by atoms with van der Waals surface area (Å²) < 4.78 is 6.46. The number of rotatable bonds is 4. The van der Waals surface area contributed by atoms with E-state index < -0.39 is 5.97 Å². The Bertz CT molecular complexity index is 624. The number of nitrogens with one attached hydrogen (secondary N) is 1. The lowest BCUT2D eigenvalue weighted by molar-refractivity contribution is 0.0602. The average Bonchev–Trinajstić information content (AvgIpc) is 2.86. The van der Waals surface area contributed by atoms with Crippen molar-refractivity contribution in [1.82, 2.24) is 19.7 Å². The normalized spacial score (nSPS) is 11.9. The van der Waals surface area contributed by atoms with Crippen molar-refractivity contribution in [3.05, 3.63) is 30.0 Å². The minimum Gasteiger partial charge on any atom is -0.465 e. The number of hydrogen-bond donors (Lipinski definition) is 2. The number of carbonyl (C=O) groups is 1. The number of nitrogens with zero attached hydrogens (tertiary/aromatic N) is 4. The molecule has 8 nitrogen and oxygen atoms in total. The maximum Gasteiger partial charge on any atom is 0.340 e. The summed E-state index contributed by atoms with van der Waals surface area (Å²) in [6, 6.07) is 1.35. The van der Waals surface area contributed by atoms with E-state index >= 15 is 0 Å². The Kier molecular flexibility index (Phi) is 3.83. The molecule has 2 rings (SSSR count). The fourth-order valence-electron chi connectivity index (χ4n) is 1.83. The zero-order valence-corrected chi connectivity index (χ0v) is 11.5. The number of carbonyl (C=O) groups excluding carboxylic acids is 1. The van der Waals surface area contributed by atoms with Crippen LogP contribution >= 0.6 is 0 Å². The molecule has 0 bridgehead atoms. The predicted molar refractivity (Wildman–Crippen MR) is 73.0 cm³/mol. The summed E-state index contributed by atoms with van der Waals surface area (Å²) in [5.41, 5.74) is 6.45. The highest BCUT2D eigenvalue weighted by molar-refractivity contribution is 5.97. The topological polar surface area (TPSA) is 108 Å². The lowest BCUT2D eigenvalue weighted by Gasteiger charge is -2.16. The van der Waals surface area contributed by atoms with Gasteiger partial charge in [-0.25, -0.2) is 9.78 Å². The second kappa shape index (κ2) is 5.55. The highest BCUT2D eigenvalue weighted by Crippen LogP contribution is 2.24. The number of anilines is 2. The first kappa shape index (κ1) is 13.8. The molecule has 0 aromatic carbocycles. The smallest absolute Gasteiger partial charge is 0.340 e. The average molecular weight is 276 g/mol. The molecular formula is C12H16N6O2. The summed E-state index contributed by atoms with van der Waals surface area (Å²) in [7, 11) is 3.15. The van der Waals surface area contributed by atoms with Crippen LogP contribution in [-0.2, 0) is 11.8 Å². The first-order chi connectivity index (χ1) is 9.54. The molecule has 0 saturated heterocycles. The molecule has 106 valence electrons. The van der Waals surface area contributed by atoms with Crippen LogP contribution in [0.4, 0.5) is 11.5 Å². The molecule has 0 fully saturated rings. The zero-order valence-electron chi connectivity index (χ0n) is 11.5. The Labute approximate surface area is 116 Å². The number of nitrogen functional groups attached to an aromatic ring is 1. The van der Waals surface area contributed by atoms with Crippen molar-refractivity contribution < 1.29 is 9.53 Å². The van der Waals surface area contributed by atoms with Gasteiger partial charge in [-0.1, -0.05) is 0 Å². The fourth-order valence-corrected chi connectivity index (χ4v) is 1.83. The third kappa shape index (κ3) is 2.53. The molecule has 0 aliphatic carbocycles. The standard InChI is InChI=1S/C12H16N6O2/c1-7(11-17-15-6-18(11)2)16-10-9(13)8(4-5-14-10)12(19)20-3/h4-7H,13H2,1-3H3,(H,14,16). The first-order valence-electron chi connectivity index (χ1n) is 5.97. The van der Waals surface area contributed by atoms with Gasteiger partial charge in [0.05, 0.1) is 24.4 Å². The first-order valence-corrected chi connectivity index (χ1v) is 5.97. The number of aryl methyl sites for hydroxylation is 1. The number of methoxy groups -OCH3 is 1. The van der Waals surface area contributed by atoms with Gasteiger partial charge in [-0.15, -0.1) is 10.2 Å². The van der Waals surface area contributed by atoms with Crippen molar-refractivity contribution in [1.29, 1.82) is 0 Å². The Balaban J connectivity index is 2.26. The summed E-state index contributed by atoms with van der Waals surface area (Å²) in [4.78, 5) is 15.7. The van der Waals surface area contributed by atoms with Crippen LogP contribution < -0.4 is 11.1 Å². The van der Waals surface area contributed by atoms with E-state index in [1.165, 1.54) is 19.4 Å². The molecule has 0 amide bonds. The lowest BCUT2D eigenvalue weighted by atomic mass is 10.2. The van der Waals surface area contributed by atoms with Crippen LogP contribution in [0.3, 0.4) is 0 Å². The van der Waals surface area contributed by atoms with Crippen molar-refractivity contribution in [2.75, 3.05) is 18.2 Å². The molecule has 1 atom stereocenters. The summed E-state index contributed by atoms with van der Waals surface area (Å²) >= 11 is 0. The van der Waals surface area contributed by atoms with Gasteiger partial charge in [0.25, 0.3) is 0 Å². The van der Waals surface area contributed by atoms with Crippen molar-refractivity contribution >= 4 is 17.5 Å². The van der Waals surface area contributed by atoms with Crippen LogP contribution in [0.25, 0.3) is 0 Å². The van der Waals surface area contributed by atoms with E-state index in [2.05, 4.69) is 25.2 Å². The molecule has 2 heterocycles. The monoisotopic (exact) mass is 276 g/mol. The molecule has 0 spiro atoms. The van der Waals surface area contributed by atoms with Gasteiger partial charge in [0.15, 0.2) is 11.6 Å². The Hall–Kier alpha value is -2.64. The highest BCUT2D eigenvalue weighted by atomic mass is 16.5. The van der Waals surface area contributed by atoms with Gasteiger partial charge < -0.3 is 20.4 Å². The SMILES string of the molecule is COC(=O)c1ccnc(NC(C)c2nncn2C)c1N. The molecule has 2 aromatic heterocycles. The van der Waals surface area contributed by atoms with E-state index in [0.29, 0.717) is 5.82 Å². The number of esters is 1. The summed E-state index contributed by atoms with van der Waals surface area (Å²) in [6.45, 7) is 1.90. The van der Waals surface area contributed by atoms with E-state index in [4.69, 9.17) is 5.73 Å². The highest BCUT2D eigenvalue weighted by Gasteiger charge is 2.17. The lowest BCUT2D eigenvalue weighted by Crippen LogP contribution is -2.15. The summed E-state index contributed by atoms with van der Waals surface area (Å²) in [6.07, 6.45) is 3.10.